The lowest BCUT2D eigenvalue weighted by Gasteiger charge is -2.14. The van der Waals surface area contributed by atoms with Crippen LogP contribution in [0, 0.1) is 11.6 Å². The highest BCUT2D eigenvalue weighted by molar-refractivity contribution is 5.83. The summed E-state index contributed by atoms with van der Waals surface area (Å²) >= 11 is 0. The molecular weight excluding hydrogens is 435 g/mol. The fourth-order valence-corrected chi connectivity index (χ4v) is 2.79. The molecule has 2 unspecified atom stereocenters. The van der Waals surface area contributed by atoms with Crippen LogP contribution in [0.4, 0.5) is 13.2 Å². The summed E-state index contributed by atoms with van der Waals surface area (Å²) in [5.41, 5.74) is 1.81. The van der Waals surface area contributed by atoms with Crippen molar-refractivity contribution in [2.75, 3.05) is 0 Å². The molecule has 1 aliphatic rings. The van der Waals surface area contributed by atoms with Crippen LogP contribution < -0.4 is 10.6 Å². The monoisotopic (exact) mass is 475 g/mol. The highest BCUT2D eigenvalue weighted by Gasteiger charge is 2.28. The molecule has 0 bridgehead atoms. The molecule has 2 aromatic rings. The van der Waals surface area contributed by atoms with Gasteiger partial charge in [-0.25, -0.2) is 18.2 Å². The molecule has 1 fully saturated rings. The summed E-state index contributed by atoms with van der Waals surface area (Å²) in [7, 11) is 0. The second-order valence-corrected chi connectivity index (χ2v) is 7.38. The number of hydrogen-bond donors (Lipinski definition) is 2. The summed E-state index contributed by atoms with van der Waals surface area (Å²) in [6, 6.07) is 12.9. The Bertz CT molecular complexity index is 850. The Morgan fingerprint density at radius 1 is 1.00 bits per heavy atom. The van der Waals surface area contributed by atoms with Gasteiger partial charge >= 0.3 is 0 Å². The van der Waals surface area contributed by atoms with Crippen molar-refractivity contribution in [3.63, 3.8) is 0 Å². The first-order valence-corrected chi connectivity index (χ1v) is 11.8. The van der Waals surface area contributed by atoms with E-state index in [1.807, 2.05) is 26.8 Å². The van der Waals surface area contributed by atoms with Crippen LogP contribution in [-0.2, 0) is 6.54 Å². The summed E-state index contributed by atoms with van der Waals surface area (Å²) in [5.74, 6) is 0.169. The third-order valence-electron chi connectivity index (χ3n) is 4.34. The summed E-state index contributed by atoms with van der Waals surface area (Å²) in [4.78, 5) is 4.45. The van der Waals surface area contributed by atoms with Gasteiger partial charge in [-0.15, -0.1) is 13.2 Å². The molecule has 1 saturated heterocycles. The van der Waals surface area contributed by atoms with Crippen LogP contribution in [0.15, 0.2) is 78.8 Å². The zero-order valence-corrected chi connectivity index (χ0v) is 21.1. The molecule has 188 valence electrons. The van der Waals surface area contributed by atoms with Gasteiger partial charge in [-0.2, -0.15) is 0 Å². The van der Waals surface area contributed by atoms with Crippen LogP contribution in [0.1, 0.15) is 64.6 Å². The van der Waals surface area contributed by atoms with Gasteiger partial charge in [0.2, 0.25) is 0 Å². The quantitative estimate of drug-likeness (QED) is 0.421. The summed E-state index contributed by atoms with van der Waals surface area (Å²) in [5, 5.41) is 6.51. The van der Waals surface area contributed by atoms with Gasteiger partial charge in [-0.1, -0.05) is 70.5 Å². The number of nitrogens with one attached hydrogen (secondary N) is 2. The third kappa shape index (κ3) is 12.3. The zero-order valence-electron chi connectivity index (χ0n) is 21.1. The predicted octanol–water partition coefficient (Wildman–Crippen LogP) is 7.67. The fourth-order valence-electron chi connectivity index (χ4n) is 2.79. The van der Waals surface area contributed by atoms with Gasteiger partial charge < -0.3 is 10.6 Å². The van der Waals surface area contributed by atoms with E-state index in [1.165, 1.54) is 42.8 Å². The van der Waals surface area contributed by atoms with Crippen molar-refractivity contribution in [3.8, 4) is 0 Å². The Morgan fingerprint density at radius 3 is 2.12 bits per heavy atom. The molecule has 0 aliphatic carbocycles. The number of benzene rings is 2. The number of rotatable bonds is 6. The topological polar surface area (TPSA) is 36.4 Å². The summed E-state index contributed by atoms with van der Waals surface area (Å²) in [6.07, 6.45) is 3.52. The van der Waals surface area contributed by atoms with Crippen LogP contribution in [0.5, 0.6) is 0 Å². The van der Waals surface area contributed by atoms with Gasteiger partial charge in [0.05, 0.1) is 18.6 Å². The van der Waals surface area contributed by atoms with Crippen molar-refractivity contribution in [2.24, 2.45) is 4.99 Å². The van der Waals surface area contributed by atoms with E-state index in [2.05, 4.69) is 42.6 Å². The standard InChI is InChI=1S/C17H17F2N3.C6H9F.C3H8.C2H6/c1-11-16(13-3-2-4-15(19)9-13)22-17(21-11)20-10-12-5-7-14(18)8-6-12;1-3-5-6(7)4-2;1-3-2;1-2/h2-9,11,16H,10H2,1H3,(H2,20,21,22);3-4,6H,1-2,5H2;3H2,1-2H3;1-2H3/t11?,16-;;;/m0.../s1. The minimum atomic E-state index is -0.905. The molecule has 3 nitrogen and oxygen atoms in total. The third-order valence-corrected chi connectivity index (χ3v) is 4.34. The maximum absolute atomic E-state index is 13.3. The van der Waals surface area contributed by atoms with E-state index in [1.54, 1.807) is 18.2 Å². The molecule has 2 N–H and O–H groups in total. The Labute approximate surface area is 203 Å². The van der Waals surface area contributed by atoms with Crippen LogP contribution in [0.3, 0.4) is 0 Å². The highest BCUT2D eigenvalue weighted by Crippen LogP contribution is 2.21. The van der Waals surface area contributed by atoms with E-state index in [0.29, 0.717) is 18.9 Å². The maximum atomic E-state index is 13.3. The largest absolute Gasteiger partial charge is 0.352 e. The number of aliphatic imine (C=N–C) groups is 1. The van der Waals surface area contributed by atoms with Gasteiger partial charge in [0.25, 0.3) is 0 Å². The van der Waals surface area contributed by atoms with E-state index in [-0.39, 0.29) is 23.7 Å². The first-order chi connectivity index (χ1) is 16.3. The average Bonchev–Trinajstić information content (AvgIpc) is 3.21. The van der Waals surface area contributed by atoms with Crippen LogP contribution in [-0.4, -0.2) is 18.2 Å². The Balaban J connectivity index is 0.000000765. The van der Waals surface area contributed by atoms with Crippen molar-refractivity contribution < 1.29 is 13.2 Å². The Morgan fingerprint density at radius 2 is 1.62 bits per heavy atom. The molecule has 1 heterocycles. The minimum absolute atomic E-state index is 0.0253. The number of allylic oxidation sites excluding steroid dienone is 2. The second-order valence-electron chi connectivity index (χ2n) is 7.38. The predicted molar refractivity (Wildman–Crippen MR) is 140 cm³/mol. The smallest absolute Gasteiger partial charge is 0.192 e. The minimum Gasteiger partial charge on any atom is -0.352 e. The molecule has 0 amide bonds. The molecule has 34 heavy (non-hydrogen) atoms. The molecule has 2 aromatic carbocycles. The molecule has 0 saturated carbocycles. The fraction of sp³-hybridized carbons (Fsp3) is 0.393. The summed E-state index contributed by atoms with van der Waals surface area (Å²) < 4.78 is 38.1. The van der Waals surface area contributed by atoms with Crippen molar-refractivity contribution in [1.82, 2.24) is 10.6 Å². The number of hydrogen-bond acceptors (Lipinski definition) is 1. The van der Waals surface area contributed by atoms with E-state index in [9.17, 15) is 13.2 Å². The van der Waals surface area contributed by atoms with Crippen molar-refractivity contribution in [1.29, 1.82) is 0 Å². The molecular formula is C28H40F3N3. The zero-order chi connectivity index (χ0) is 25.9. The lowest BCUT2D eigenvalue weighted by atomic mass is 10.0. The van der Waals surface area contributed by atoms with E-state index >= 15 is 0 Å². The average molecular weight is 476 g/mol. The summed E-state index contributed by atoms with van der Waals surface area (Å²) in [6.45, 7) is 17.3. The number of alkyl halides is 1. The van der Waals surface area contributed by atoms with Crippen LogP contribution in [0.25, 0.3) is 0 Å². The second kappa shape index (κ2) is 18.4. The Kier molecular flexibility index (Phi) is 16.8. The molecule has 0 spiro atoms. The SMILES string of the molecule is C=CCC(F)C=C.CC.CC1NC(=NCc2ccc(F)cc2)N[C@@H]1c1cccc(F)c1.CCC. The van der Waals surface area contributed by atoms with E-state index < -0.39 is 6.17 Å². The normalized spacial score (nSPS) is 17.8. The van der Waals surface area contributed by atoms with Crippen molar-refractivity contribution >= 4 is 5.96 Å². The lowest BCUT2D eigenvalue weighted by molar-refractivity contribution is 0.405. The number of halogens is 3. The van der Waals surface area contributed by atoms with Crippen LogP contribution in [0.2, 0.25) is 0 Å². The molecule has 1 aliphatic heterocycles. The van der Waals surface area contributed by atoms with Gasteiger partial charge in [-0.05, 0) is 48.7 Å². The van der Waals surface area contributed by atoms with Gasteiger partial charge in [0.1, 0.15) is 17.8 Å². The number of nitrogens with zero attached hydrogens (tertiary/aromatic N) is 1. The van der Waals surface area contributed by atoms with Crippen molar-refractivity contribution in [2.45, 2.75) is 72.3 Å². The maximum Gasteiger partial charge on any atom is 0.192 e. The lowest BCUT2D eigenvalue weighted by Crippen LogP contribution is -2.26. The number of guanidine groups is 1. The Hall–Kier alpha value is -3.02. The molecule has 0 radical (unpaired) electrons. The van der Waals surface area contributed by atoms with Gasteiger partial charge in [-0.3, -0.25) is 0 Å². The van der Waals surface area contributed by atoms with Crippen molar-refractivity contribution in [3.05, 3.63) is 96.6 Å². The first kappa shape index (κ1) is 31.0. The molecule has 6 heteroatoms. The van der Waals surface area contributed by atoms with Crippen LogP contribution >= 0.6 is 0 Å². The molecule has 0 aromatic heterocycles. The van der Waals surface area contributed by atoms with Gasteiger partial charge in [0, 0.05) is 0 Å². The van der Waals surface area contributed by atoms with Gasteiger partial charge in [0.15, 0.2) is 5.96 Å². The van der Waals surface area contributed by atoms with E-state index in [0.717, 1.165) is 11.1 Å². The molecule has 3 rings (SSSR count). The first-order valence-electron chi connectivity index (χ1n) is 11.8. The molecule has 3 atom stereocenters. The van der Waals surface area contributed by atoms with E-state index in [4.69, 9.17) is 0 Å². The highest BCUT2D eigenvalue weighted by atomic mass is 19.1.